The number of carbonyl (C=O) groups excluding carboxylic acids is 1. The Labute approximate surface area is 124 Å². The van der Waals surface area contributed by atoms with Crippen molar-refractivity contribution in [3.05, 3.63) is 60.2 Å². The third kappa shape index (κ3) is 3.92. The molecule has 2 aromatic rings. The fourth-order valence-corrected chi connectivity index (χ4v) is 1.78. The van der Waals surface area contributed by atoms with Crippen molar-refractivity contribution in [2.45, 2.75) is 6.92 Å². The summed E-state index contributed by atoms with van der Waals surface area (Å²) in [6.45, 7) is 1.81. The van der Waals surface area contributed by atoms with Gasteiger partial charge in [-0.15, -0.1) is 0 Å². The number of nitrogens with zero attached hydrogens (tertiary/aromatic N) is 2. The Balaban J connectivity index is 2.12. The Bertz CT molecular complexity index is 632. The molecular weight excluding hydrogens is 264 g/mol. The first-order chi connectivity index (χ1) is 10.1. The van der Waals surface area contributed by atoms with Crippen molar-refractivity contribution < 1.29 is 9.63 Å². The van der Waals surface area contributed by atoms with E-state index in [4.69, 9.17) is 4.84 Å². The lowest BCUT2D eigenvalue weighted by atomic mass is 10.0. The second kappa shape index (κ2) is 6.70. The van der Waals surface area contributed by atoms with Crippen molar-refractivity contribution in [3.63, 3.8) is 0 Å². The van der Waals surface area contributed by atoms with Crippen molar-refractivity contribution in [2.24, 2.45) is 5.16 Å². The summed E-state index contributed by atoms with van der Waals surface area (Å²) in [6, 6.07) is 18.1. The lowest BCUT2D eigenvalue weighted by Gasteiger charge is -2.07. The number of hydrogen-bond acceptors (Lipinski definition) is 3. The van der Waals surface area contributed by atoms with Gasteiger partial charge in [0.1, 0.15) is 0 Å². The van der Waals surface area contributed by atoms with Gasteiger partial charge in [0.05, 0.1) is 5.71 Å². The maximum atomic E-state index is 11.3. The molecule has 0 unspecified atom stereocenters. The van der Waals surface area contributed by atoms with Crippen molar-refractivity contribution >= 4 is 11.8 Å². The Kier molecular flexibility index (Phi) is 4.72. The zero-order chi connectivity index (χ0) is 15.2. The average molecular weight is 282 g/mol. The van der Waals surface area contributed by atoms with Gasteiger partial charge < -0.3 is 4.90 Å². The highest BCUT2D eigenvalue weighted by molar-refractivity contribution is 5.99. The molecule has 0 saturated carbocycles. The van der Waals surface area contributed by atoms with Gasteiger partial charge in [-0.25, -0.2) is 4.79 Å². The molecular formula is C17H18N2O2. The second-order valence-corrected chi connectivity index (χ2v) is 4.87. The summed E-state index contributed by atoms with van der Waals surface area (Å²) in [5.74, 6) is 0. The van der Waals surface area contributed by atoms with E-state index in [9.17, 15) is 4.79 Å². The van der Waals surface area contributed by atoms with Gasteiger partial charge in [0, 0.05) is 14.1 Å². The molecule has 0 aliphatic rings. The van der Waals surface area contributed by atoms with Gasteiger partial charge in [-0.3, -0.25) is 4.84 Å². The number of benzene rings is 2. The Morgan fingerprint density at radius 2 is 1.52 bits per heavy atom. The van der Waals surface area contributed by atoms with Crippen LogP contribution in [0.15, 0.2) is 59.8 Å². The summed E-state index contributed by atoms with van der Waals surface area (Å²) in [5, 5.41) is 3.84. The normalized spacial score (nSPS) is 11.1. The summed E-state index contributed by atoms with van der Waals surface area (Å²) in [7, 11) is 3.23. The summed E-state index contributed by atoms with van der Waals surface area (Å²) < 4.78 is 0. The number of oxime groups is 1. The Morgan fingerprint density at radius 1 is 0.952 bits per heavy atom. The summed E-state index contributed by atoms with van der Waals surface area (Å²) >= 11 is 0. The third-order valence-corrected chi connectivity index (χ3v) is 3.04. The van der Waals surface area contributed by atoms with E-state index in [1.807, 2.05) is 42.5 Å². The van der Waals surface area contributed by atoms with E-state index in [0.29, 0.717) is 5.71 Å². The Morgan fingerprint density at radius 3 is 2.10 bits per heavy atom. The van der Waals surface area contributed by atoms with E-state index >= 15 is 0 Å². The molecule has 0 aliphatic heterocycles. The fourth-order valence-electron chi connectivity index (χ4n) is 1.78. The number of hydrogen-bond donors (Lipinski definition) is 0. The van der Waals surface area contributed by atoms with Gasteiger partial charge in [-0.1, -0.05) is 59.8 Å². The van der Waals surface area contributed by atoms with Crippen molar-refractivity contribution in [3.8, 4) is 11.1 Å². The summed E-state index contributed by atoms with van der Waals surface area (Å²) in [4.78, 5) is 17.5. The highest BCUT2D eigenvalue weighted by Crippen LogP contribution is 2.19. The van der Waals surface area contributed by atoms with Crippen LogP contribution in [-0.4, -0.2) is 30.8 Å². The highest BCUT2D eigenvalue weighted by atomic mass is 16.7. The fraction of sp³-hybridized carbons (Fsp3) is 0.176. The monoisotopic (exact) mass is 282 g/mol. The first-order valence-corrected chi connectivity index (χ1v) is 6.66. The van der Waals surface area contributed by atoms with Crippen LogP contribution in [0.3, 0.4) is 0 Å². The van der Waals surface area contributed by atoms with Gasteiger partial charge in [-0.05, 0) is 23.6 Å². The molecule has 0 atom stereocenters. The topological polar surface area (TPSA) is 41.9 Å². The molecule has 0 radical (unpaired) electrons. The molecule has 4 nitrogen and oxygen atoms in total. The van der Waals surface area contributed by atoms with E-state index in [-0.39, 0.29) is 0 Å². The molecule has 2 aromatic carbocycles. The number of carbonyl (C=O) groups is 1. The molecule has 0 fully saturated rings. The van der Waals surface area contributed by atoms with E-state index in [1.165, 1.54) is 4.90 Å². The molecule has 0 spiro atoms. The van der Waals surface area contributed by atoms with Crippen LogP contribution in [0, 0.1) is 0 Å². The minimum atomic E-state index is -0.491. The highest BCUT2D eigenvalue weighted by Gasteiger charge is 2.05. The quantitative estimate of drug-likeness (QED) is 0.488. The standard InChI is InChI=1S/C17H18N2O2/c1-13(18-21-17(20)19(2)3)14-9-11-16(12-10-14)15-7-5-4-6-8-15/h4-12H,1-3H3/b18-13+. The van der Waals surface area contributed by atoms with Crippen LogP contribution in [0.1, 0.15) is 12.5 Å². The maximum absolute atomic E-state index is 11.3. The van der Waals surface area contributed by atoms with E-state index < -0.39 is 6.09 Å². The van der Waals surface area contributed by atoms with E-state index in [1.54, 1.807) is 21.0 Å². The zero-order valence-corrected chi connectivity index (χ0v) is 12.4. The van der Waals surface area contributed by atoms with Crippen LogP contribution in [0.25, 0.3) is 11.1 Å². The molecule has 21 heavy (non-hydrogen) atoms. The number of amides is 1. The van der Waals surface area contributed by atoms with Gasteiger partial charge in [-0.2, -0.15) is 0 Å². The van der Waals surface area contributed by atoms with E-state index in [0.717, 1.165) is 16.7 Å². The molecule has 0 aromatic heterocycles. The third-order valence-electron chi connectivity index (χ3n) is 3.04. The predicted octanol–water partition coefficient (Wildman–Crippen LogP) is 3.78. The van der Waals surface area contributed by atoms with Gasteiger partial charge >= 0.3 is 6.09 Å². The average Bonchev–Trinajstić information content (AvgIpc) is 2.53. The number of rotatable bonds is 3. The van der Waals surface area contributed by atoms with Gasteiger partial charge in [0.2, 0.25) is 0 Å². The van der Waals surface area contributed by atoms with Crippen LogP contribution in [0.5, 0.6) is 0 Å². The minimum Gasteiger partial charge on any atom is -0.312 e. The van der Waals surface area contributed by atoms with Crippen LogP contribution in [-0.2, 0) is 4.84 Å². The van der Waals surface area contributed by atoms with Crippen LogP contribution in [0.4, 0.5) is 4.79 Å². The maximum Gasteiger partial charge on any atom is 0.435 e. The molecule has 2 rings (SSSR count). The van der Waals surface area contributed by atoms with E-state index in [2.05, 4.69) is 17.3 Å². The van der Waals surface area contributed by atoms with Crippen LogP contribution < -0.4 is 0 Å². The first kappa shape index (κ1) is 14.8. The van der Waals surface area contributed by atoms with Crippen LogP contribution in [0.2, 0.25) is 0 Å². The van der Waals surface area contributed by atoms with Gasteiger partial charge in [0.25, 0.3) is 0 Å². The molecule has 0 N–H and O–H groups in total. The summed E-state index contributed by atoms with van der Waals surface area (Å²) in [5.41, 5.74) is 3.88. The molecule has 0 saturated heterocycles. The lowest BCUT2D eigenvalue weighted by Crippen LogP contribution is -2.21. The largest absolute Gasteiger partial charge is 0.435 e. The SMILES string of the molecule is C/C(=N\OC(=O)N(C)C)c1ccc(-c2ccccc2)cc1. The van der Waals surface area contributed by atoms with Crippen molar-refractivity contribution in [1.29, 1.82) is 0 Å². The smallest absolute Gasteiger partial charge is 0.312 e. The zero-order valence-electron chi connectivity index (χ0n) is 12.4. The molecule has 108 valence electrons. The summed E-state index contributed by atoms with van der Waals surface area (Å²) in [6.07, 6.45) is -0.491. The molecule has 1 amide bonds. The first-order valence-electron chi connectivity index (χ1n) is 6.66. The molecule has 0 heterocycles. The van der Waals surface area contributed by atoms with Crippen molar-refractivity contribution in [1.82, 2.24) is 4.90 Å². The van der Waals surface area contributed by atoms with Crippen molar-refractivity contribution in [2.75, 3.05) is 14.1 Å². The lowest BCUT2D eigenvalue weighted by molar-refractivity contribution is 0.122. The van der Waals surface area contributed by atoms with Gasteiger partial charge in [0.15, 0.2) is 0 Å². The molecule has 0 aliphatic carbocycles. The Hall–Kier alpha value is -2.62. The molecule has 0 bridgehead atoms. The predicted molar refractivity (Wildman–Crippen MR) is 84.3 cm³/mol. The molecule has 4 heteroatoms. The van der Waals surface area contributed by atoms with Crippen LogP contribution >= 0.6 is 0 Å². The minimum absolute atomic E-state index is 0.491. The second-order valence-electron chi connectivity index (χ2n) is 4.87.